The molecule has 0 bridgehead atoms. The van der Waals surface area contributed by atoms with Gasteiger partial charge in [0.15, 0.2) is 0 Å². The van der Waals surface area contributed by atoms with Gasteiger partial charge in [-0.2, -0.15) is 11.8 Å². The van der Waals surface area contributed by atoms with Crippen LogP contribution in [0.4, 0.5) is 0 Å². The molecule has 4 atom stereocenters. The molecule has 0 spiro atoms. The average molecular weight is 295 g/mol. The van der Waals surface area contributed by atoms with E-state index in [1.54, 1.807) is 0 Å². The van der Waals surface area contributed by atoms with E-state index in [2.05, 4.69) is 46.4 Å². The van der Waals surface area contributed by atoms with E-state index < -0.39 is 0 Å². The molecule has 1 aliphatic rings. The molecule has 0 heterocycles. The maximum absolute atomic E-state index is 3.84. The van der Waals surface area contributed by atoms with Gasteiger partial charge in [0.05, 0.1) is 0 Å². The molecule has 20 heavy (non-hydrogen) atoms. The van der Waals surface area contributed by atoms with Crippen molar-refractivity contribution in [3.63, 3.8) is 0 Å². The van der Waals surface area contributed by atoms with Crippen LogP contribution in [0, 0.1) is 23.7 Å². The van der Waals surface area contributed by atoms with E-state index >= 15 is 0 Å². The lowest BCUT2D eigenvalue weighted by molar-refractivity contribution is 0.178. The van der Waals surface area contributed by atoms with Gasteiger partial charge in [0, 0.05) is 11.0 Å². The summed E-state index contributed by atoms with van der Waals surface area (Å²) in [7, 11) is 0. The van der Waals surface area contributed by atoms with Crippen LogP contribution < -0.4 is 0 Å². The van der Waals surface area contributed by atoms with Crippen LogP contribution in [0.5, 0.6) is 0 Å². The smallest absolute Gasteiger partial charge is 0.0230 e. The highest BCUT2D eigenvalue weighted by Crippen LogP contribution is 2.39. The summed E-state index contributed by atoms with van der Waals surface area (Å²) in [4.78, 5) is 0. The highest BCUT2D eigenvalue weighted by molar-refractivity contribution is 8.00. The normalized spacial score (nSPS) is 28.9. The second-order valence-electron chi connectivity index (χ2n) is 6.82. The lowest BCUT2D eigenvalue weighted by Gasteiger charge is -2.36. The number of thioether (sulfide) groups is 1. The second-order valence-corrected chi connectivity index (χ2v) is 8.10. The first-order chi connectivity index (χ1) is 9.58. The van der Waals surface area contributed by atoms with E-state index in [1.807, 2.05) is 17.8 Å². The highest BCUT2D eigenvalue weighted by atomic mass is 32.2. The molecular formula is C19H34S. The van der Waals surface area contributed by atoms with Gasteiger partial charge in [-0.15, -0.1) is 6.58 Å². The van der Waals surface area contributed by atoms with Crippen LogP contribution in [0.15, 0.2) is 24.8 Å². The zero-order chi connectivity index (χ0) is 15.0. The Kier molecular flexibility index (Phi) is 8.68. The van der Waals surface area contributed by atoms with Crippen LogP contribution in [0.1, 0.15) is 59.8 Å². The maximum Gasteiger partial charge on any atom is 0.0230 e. The Morgan fingerprint density at radius 2 is 2.05 bits per heavy atom. The fourth-order valence-electron chi connectivity index (χ4n) is 3.48. The minimum atomic E-state index is 0.683. The Labute approximate surface area is 131 Å². The van der Waals surface area contributed by atoms with Crippen LogP contribution in [0.3, 0.4) is 0 Å². The molecular weight excluding hydrogens is 260 g/mol. The van der Waals surface area contributed by atoms with Gasteiger partial charge >= 0.3 is 0 Å². The number of hydrogen-bond donors (Lipinski definition) is 0. The van der Waals surface area contributed by atoms with Gasteiger partial charge < -0.3 is 0 Å². The van der Waals surface area contributed by atoms with E-state index in [0.29, 0.717) is 5.25 Å². The zero-order valence-corrected chi connectivity index (χ0v) is 14.8. The largest absolute Gasteiger partial charge is 0.150 e. The fourth-order valence-corrected chi connectivity index (χ4v) is 4.46. The van der Waals surface area contributed by atoms with Crippen molar-refractivity contribution in [2.24, 2.45) is 23.7 Å². The van der Waals surface area contributed by atoms with Gasteiger partial charge in [-0.3, -0.25) is 0 Å². The number of rotatable bonds is 8. The molecule has 1 rings (SSSR count). The van der Waals surface area contributed by atoms with Crippen molar-refractivity contribution in [2.75, 3.05) is 5.75 Å². The third-order valence-electron chi connectivity index (χ3n) is 4.65. The Morgan fingerprint density at radius 1 is 1.30 bits per heavy atom. The highest BCUT2D eigenvalue weighted by Gasteiger charge is 2.28. The number of allylic oxidation sites excluding steroid dienone is 1. The Bertz CT molecular complexity index is 292. The van der Waals surface area contributed by atoms with Crippen molar-refractivity contribution in [3.05, 3.63) is 24.8 Å². The fraction of sp³-hybridized carbons (Fsp3) is 0.789. The third kappa shape index (κ3) is 6.08. The number of hydrogen-bond acceptors (Lipinski definition) is 1. The molecule has 0 radical (unpaired) electrons. The van der Waals surface area contributed by atoms with E-state index in [1.165, 1.54) is 32.1 Å². The van der Waals surface area contributed by atoms with Gasteiger partial charge in [0.1, 0.15) is 0 Å². The molecule has 1 saturated carbocycles. The Hall–Kier alpha value is -0.170. The molecule has 1 fully saturated rings. The average Bonchev–Trinajstić information content (AvgIpc) is 2.41. The summed E-state index contributed by atoms with van der Waals surface area (Å²) in [5.41, 5.74) is 0. The lowest BCUT2D eigenvalue weighted by Crippen LogP contribution is -2.26. The Morgan fingerprint density at radius 3 is 2.65 bits per heavy atom. The van der Waals surface area contributed by atoms with E-state index in [0.717, 1.165) is 29.4 Å². The predicted molar refractivity (Wildman–Crippen MR) is 95.3 cm³/mol. The summed E-state index contributed by atoms with van der Waals surface area (Å²) in [5, 5.41) is 0.683. The van der Waals surface area contributed by atoms with Crippen LogP contribution in [-0.4, -0.2) is 11.0 Å². The topological polar surface area (TPSA) is 0 Å². The SMILES string of the molecule is C=CCS[C@H](/C=C/[C@@H]1C[C@H](C)CC[C@H]1C(C)C)CCC. The summed E-state index contributed by atoms with van der Waals surface area (Å²) < 4.78 is 0. The minimum absolute atomic E-state index is 0.683. The molecule has 1 aliphatic carbocycles. The summed E-state index contributed by atoms with van der Waals surface area (Å²) >= 11 is 2.04. The van der Waals surface area contributed by atoms with Gasteiger partial charge in [-0.05, 0) is 42.9 Å². The molecule has 0 unspecified atom stereocenters. The van der Waals surface area contributed by atoms with Gasteiger partial charge in [0.2, 0.25) is 0 Å². The second kappa shape index (κ2) is 9.71. The monoisotopic (exact) mass is 294 g/mol. The first kappa shape index (κ1) is 17.9. The maximum atomic E-state index is 3.84. The van der Waals surface area contributed by atoms with Crippen molar-refractivity contribution in [1.82, 2.24) is 0 Å². The molecule has 0 amide bonds. The molecule has 0 nitrogen and oxygen atoms in total. The van der Waals surface area contributed by atoms with E-state index in [4.69, 9.17) is 0 Å². The van der Waals surface area contributed by atoms with E-state index in [-0.39, 0.29) is 0 Å². The summed E-state index contributed by atoms with van der Waals surface area (Å²) in [6.07, 6.45) is 13.9. The molecule has 0 aromatic rings. The summed E-state index contributed by atoms with van der Waals surface area (Å²) in [5.74, 6) is 4.51. The molecule has 116 valence electrons. The first-order valence-electron chi connectivity index (χ1n) is 8.49. The molecule has 0 saturated heterocycles. The van der Waals surface area contributed by atoms with Gasteiger partial charge in [-0.25, -0.2) is 0 Å². The van der Waals surface area contributed by atoms with Crippen molar-refractivity contribution in [2.45, 2.75) is 65.0 Å². The van der Waals surface area contributed by atoms with Crippen molar-refractivity contribution in [3.8, 4) is 0 Å². The molecule has 0 N–H and O–H groups in total. The van der Waals surface area contributed by atoms with Crippen molar-refractivity contribution in [1.29, 1.82) is 0 Å². The van der Waals surface area contributed by atoms with Crippen LogP contribution in [0.2, 0.25) is 0 Å². The minimum Gasteiger partial charge on any atom is -0.150 e. The standard InChI is InChI=1S/C19H34S/c1-6-8-18(20-13-7-2)11-10-17-14-16(5)9-12-19(17)15(3)4/h7,10-11,15-19H,2,6,8-9,12-14H2,1,3-5H3/b11-10+/t16-,17-,18+,19+/m1/s1. The molecule has 1 heteroatoms. The van der Waals surface area contributed by atoms with E-state index in [9.17, 15) is 0 Å². The predicted octanol–water partition coefficient (Wildman–Crippen LogP) is 6.34. The lowest BCUT2D eigenvalue weighted by atomic mass is 9.70. The Balaban J connectivity index is 2.63. The molecule has 0 aromatic carbocycles. The van der Waals surface area contributed by atoms with Gasteiger partial charge in [-0.1, -0.05) is 58.8 Å². The quantitative estimate of drug-likeness (QED) is 0.471. The first-order valence-corrected chi connectivity index (χ1v) is 9.54. The summed E-state index contributed by atoms with van der Waals surface area (Å²) in [6.45, 7) is 13.4. The van der Waals surface area contributed by atoms with Crippen molar-refractivity contribution >= 4 is 11.8 Å². The van der Waals surface area contributed by atoms with Crippen LogP contribution >= 0.6 is 11.8 Å². The summed E-state index contributed by atoms with van der Waals surface area (Å²) in [6, 6.07) is 0. The third-order valence-corrected chi connectivity index (χ3v) is 5.90. The van der Waals surface area contributed by atoms with Gasteiger partial charge in [0.25, 0.3) is 0 Å². The molecule has 0 aromatic heterocycles. The van der Waals surface area contributed by atoms with Crippen molar-refractivity contribution < 1.29 is 0 Å². The zero-order valence-electron chi connectivity index (χ0n) is 14.0. The molecule has 0 aliphatic heterocycles. The van der Waals surface area contributed by atoms with Crippen LogP contribution in [-0.2, 0) is 0 Å². The van der Waals surface area contributed by atoms with Crippen LogP contribution in [0.25, 0.3) is 0 Å².